The zero-order chi connectivity index (χ0) is 20.5. The predicted molar refractivity (Wildman–Crippen MR) is 113 cm³/mol. The molecule has 2 aromatic rings. The average molecular weight is 397 g/mol. The number of amides is 1. The standard InChI is InChI=1S/C23H32N4O2/c1-5-11-27-16(3)20(12-24-27)23(28)26-14-18-13-25(6-2)15-21(18)22(26)17-7-9-19(29-4)10-8-17/h7-10,12,18,21-22H,5-6,11,13-15H2,1-4H3/t18-,21-,22-/m0/s1. The van der Waals surface area contributed by atoms with E-state index in [4.69, 9.17) is 4.74 Å². The van der Waals surface area contributed by atoms with Gasteiger partial charge in [-0.2, -0.15) is 5.10 Å². The maximum atomic E-state index is 13.6. The molecule has 0 N–H and O–H groups in total. The molecule has 0 spiro atoms. The van der Waals surface area contributed by atoms with Crippen LogP contribution in [0.1, 0.15) is 47.9 Å². The Balaban J connectivity index is 1.66. The molecule has 3 heterocycles. The van der Waals surface area contributed by atoms with Crippen LogP contribution in [0.2, 0.25) is 0 Å². The van der Waals surface area contributed by atoms with Gasteiger partial charge in [0.25, 0.3) is 5.91 Å². The molecule has 0 saturated carbocycles. The minimum Gasteiger partial charge on any atom is -0.497 e. The highest BCUT2D eigenvalue weighted by Crippen LogP contribution is 2.45. The molecule has 3 atom stereocenters. The summed E-state index contributed by atoms with van der Waals surface area (Å²) < 4.78 is 7.29. The van der Waals surface area contributed by atoms with E-state index < -0.39 is 0 Å². The van der Waals surface area contributed by atoms with E-state index in [1.165, 1.54) is 5.56 Å². The highest BCUT2D eigenvalue weighted by atomic mass is 16.5. The molecule has 6 nitrogen and oxygen atoms in total. The lowest BCUT2D eigenvalue weighted by Crippen LogP contribution is -2.36. The summed E-state index contributed by atoms with van der Waals surface area (Å²) in [4.78, 5) is 18.2. The zero-order valence-corrected chi connectivity index (χ0v) is 18.0. The topological polar surface area (TPSA) is 50.6 Å². The third-order valence-corrected chi connectivity index (χ3v) is 6.67. The van der Waals surface area contributed by atoms with Crippen molar-refractivity contribution in [3.05, 3.63) is 47.3 Å². The van der Waals surface area contributed by atoms with E-state index in [2.05, 4.69) is 40.9 Å². The van der Waals surface area contributed by atoms with E-state index in [9.17, 15) is 4.79 Å². The van der Waals surface area contributed by atoms with Crippen LogP contribution in [0, 0.1) is 18.8 Å². The Bertz CT molecular complexity index is 860. The summed E-state index contributed by atoms with van der Waals surface area (Å²) in [7, 11) is 1.68. The third kappa shape index (κ3) is 3.54. The summed E-state index contributed by atoms with van der Waals surface area (Å²) in [6.45, 7) is 11.2. The molecule has 0 unspecified atom stereocenters. The molecule has 156 valence electrons. The van der Waals surface area contributed by atoms with E-state index in [1.54, 1.807) is 13.3 Å². The van der Waals surface area contributed by atoms with Crippen molar-refractivity contribution in [2.45, 2.75) is 39.8 Å². The summed E-state index contributed by atoms with van der Waals surface area (Å²) in [5.74, 6) is 1.96. The van der Waals surface area contributed by atoms with Crippen LogP contribution in [0.5, 0.6) is 5.75 Å². The molecule has 4 rings (SSSR count). The maximum Gasteiger partial charge on any atom is 0.257 e. The molecule has 2 fully saturated rings. The number of likely N-dealkylation sites (tertiary alicyclic amines) is 2. The van der Waals surface area contributed by atoms with Gasteiger partial charge < -0.3 is 14.5 Å². The van der Waals surface area contributed by atoms with Crippen LogP contribution < -0.4 is 4.74 Å². The van der Waals surface area contributed by atoms with Gasteiger partial charge in [-0.15, -0.1) is 0 Å². The van der Waals surface area contributed by atoms with E-state index in [0.717, 1.165) is 56.2 Å². The number of hydrogen-bond donors (Lipinski definition) is 0. The maximum absolute atomic E-state index is 13.6. The number of methoxy groups -OCH3 is 1. The Labute approximate surface area is 173 Å². The van der Waals surface area contributed by atoms with Crippen molar-refractivity contribution in [3.8, 4) is 5.75 Å². The Morgan fingerprint density at radius 3 is 2.59 bits per heavy atom. The summed E-state index contributed by atoms with van der Waals surface area (Å²) >= 11 is 0. The molecule has 2 saturated heterocycles. The van der Waals surface area contributed by atoms with Crippen molar-refractivity contribution >= 4 is 5.91 Å². The number of rotatable bonds is 6. The van der Waals surface area contributed by atoms with Gasteiger partial charge >= 0.3 is 0 Å². The van der Waals surface area contributed by atoms with E-state index in [0.29, 0.717) is 11.8 Å². The van der Waals surface area contributed by atoms with Gasteiger partial charge in [-0.3, -0.25) is 9.48 Å². The fourth-order valence-corrected chi connectivity index (χ4v) is 5.08. The molecular weight excluding hydrogens is 364 g/mol. The quantitative estimate of drug-likeness (QED) is 0.751. The van der Waals surface area contributed by atoms with Crippen molar-refractivity contribution in [1.82, 2.24) is 19.6 Å². The second-order valence-electron chi connectivity index (χ2n) is 8.32. The number of fused-ring (bicyclic) bond motifs is 1. The van der Waals surface area contributed by atoms with Crippen LogP contribution >= 0.6 is 0 Å². The summed E-state index contributed by atoms with van der Waals surface area (Å²) in [6.07, 6.45) is 2.76. The number of ether oxygens (including phenoxy) is 1. The van der Waals surface area contributed by atoms with E-state index >= 15 is 0 Å². The van der Waals surface area contributed by atoms with E-state index in [-0.39, 0.29) is 11.9 Å². The Morgan fingerprint density at radius 1 is 1.17 bits per heavy atom. The number of aromatic nitrogens is 2. The number of hydrogen-bond acceptors (Lipinski definition) is 4. The molecular formula is C23H32N4O2. The minimum atomic E-state index is 0.101. The first-order chi connectivity index (χ1) is 14.1. The molecule has 29 heavy (non-hydrogen) atoms. The highest BCUT2D eigenvalue weighted by Gasteiger charge is 2.49. The molecule has 6 heteroatoms. The first kappa shape index (κ1) is 20.0. The van der Waals surface area contributed by atoms with Gasteiger partial charge in [0.15, 0.2) is 0 Å². The number of nitrogens with zero attached hydrogens (tertiary/aromatic N) is 4. The van der Waals surface area contributed by atoms with Crippen molar-refractivity contribution in [2.75, 3.05) is 33.3 Å². The molecule has 0 radical (unpaired) electrons. The highest BCUT2D eigenvalue weighted by molar-refractivity contribution is 5.95. The van der Waals surface area contributed by atoms with Crippen molar-refractivity contribution < 1.29 is 9.53 Å². The van der Waals surface area contributed by atoms with Crippen LogP contribution in [-0.4, -0.2) is 58.8 Å². The van der Waals surface area contributed by atoms with Crippen molar-refractivity contribution in [1.29, 1.82) is 0 Å². The number of benzene rings is 1. The lowest BCUT2D eigenvalue weighted by atomic mass is 9.89. The average Bonchev–Trinajstić information content (AvgIpc) is 3.40. The second kappa shape index (κ2) is 8.19. The van der Waals surface area contributed by atoms with Crippen molar-refractivity contribution in [2.24, 2.45) is 11.8 Å². The van der Waals surface area contributed by atoms with Crippen molar-refractivity contribution in [3.63, 3.8) is 0 Å². The first-order valence-corrected chi connectivity index (χ1v) is 10.8. The van der Waals surface area contributed by atoms with Gasteiger partial charge in [0.2, 0.25) is 0 Å². The molecule has 1 amide bonds. The fraction of sp³-hybridized carbons (Fsp3) is 0.565. The van der Waals surface area contributed by atoms with Gasteiger partial charge in [-0.05, 0) is 43.5 Å². The summed E-state index contributed by atoms with van der Waals surface area (Å²) in [5.41, 5.74) is 2.91. The van der Waals surface area contributed by atoms with Crippen LogP contribution in [0.25, 0.3) is 0 Å². The lowest BCUT2D eigenvalue weighted by Gasteiger charge is -2.30. The molecule has 2 aliphatic rings. The first-order valence-electron chi connectivity index (χ1n) is 10.8. The minimum absolute atomic E-state index is 0.101. The van der Waals surface area contributed by atoms with Gasteiger partial charge in [-0.25, -0.2) is 0 Å². The van der Waals surface area contributed by atoms with E-state index in [1.807, 2.05) is 23.7 Å². The second-order valence-corrected chi connectivity index (χ2v) is 8.32. The Morgan fingerprint density at radius 2 is 1.93 bits per heavy atom. The molecule has 0 bridgehead atoms. The monoisotopic (exact) mass is 396 g/mol. The molecule has 0 aliphatic carbocycles. The molecule has 1 aromatic heterocycles. The summed E-state index contributed by atoms with van der Waals surface area (Å²) in [5, 5.41) is 4.46. The van der Waals surface area contributed by atoms with Gasteiger partial charge in [0.1, 0.15) is 5.75 Å². The van der Waals surface area contributed by atoms with Crippen LogP contribution in [-0.2, 0) is 6.54 Å². The predicted octanol–water partition coefficient (Wildman–Crippen LogP) is 3.38. The third-order valence-electron chi connectivity index (χ3n) is 6.67. The Hall–Kier alpha value is -2.34. The number of carbonyl (C=O) groups excluding carboxylic acids is 1. The number of carbonyl (C=O) groups is 1. The Kier molecular flexibility index (Phi) is 5.63. The smallest absolute Gasteiger partial charge is 0.257 e. The van der Waals surface area contributed by atoms with Gasteiger partial charge in [-0.1, -0.05) is 26.0 Å². The molecule has 1 aromatic carbocycles. The fourth-order valence-electron chi connectivity index (χ4n) is 5.08. The van der Waals surface area contributed by atoms with Gasteiger partial charge in [0, 0.05) is 37.8 Å². The van der Waals surface area contributed by atoms with Crippen LogP contribution in [0.15, 0.2) is 30.5 Å². The summed E-state index contributed by atoms with van der Waals surface area (Å²) in [6, 6.07) is 8.34. The lowest BCUT2D eigenvalue weighted by molar-refractivity contribution is 0.0701. The molecule has 2 aliphatic heterocycles. The zero-order valence-electron chi connectivity index (χ0n) is 18.0. The SMILES string of the molecule is CCCn1ncc(C(=O)N2C[C@@H]3CN(CC)C[C@@H]3[C@@H]2c2ccc(OC)cc2)c1C. The van der Waals surface area contributed by atoms with Crippen LogP contribution in [0.4, 0.5) is 0 Å². The number of aryl methyl sites for hydroxylation is 1. The largest absolute Gasteiger partial charge is 0.497 e. The van der Waals surface area contributed by atoms with Crippen LogP contribution in [0.3, 0.4) is 0 Å². The van der Waals surface area contributed by atoms with Gasteiger partial charge in [0.05, 0.1) is 24.9 Å². The normalized spacial score (nSPS) is 24.1.